The second-order valence-corrected chi connectivity index (χ2v) is 7.42. The van der Waals surface area contributed by atoms with Gasteiger partial charge in [0.05, 0.1) is 5.92 Å². The number of H-pyrrole nitrogens is 1. The number of allylic oxidation sites excluding steroid dienone is 2. The molecule has 2 N–H and O–H groups in total. The van der Waals surface area contributed by atoms with E-state index in [9.17, 15) is 9.59 Å². The van der Waals surface area contributed by atoms with Gasteiger partial charge in [-0.3, -0.25) is 9.59 Å². The van der Waals surface area contributed by atoms with Crippen LogP contribution in [-0.2, 0) is 4.79 Å². The molecule has 27 heavy (non-hydrogen) atoms. The van der Waals surface area contributed by atoms with Gasteiger partial charge in [0, 0.05) is 41.8 Å². The number of anilines is 1. The quantitative estimate of drug-likeness (QED) is 0.876. The maximum atomic E-state index is 12.5. The maximum Gasteiger partial charge on any atom is 0.255 e. The number of carbonyl (C=O) groups excluding carboxylic acids is 1. The second kappa shape index (κ2) is 6.58. The number of hydrogen-bond acceptors (Lipinski definition) is 3. The lowest BCUT2D eigenvalue weighted by Gasteiger charge is -2.27. The third kappa shape index (κ3) is 3.10. The fourth-order valence-corrected chi connectivity index (χ4v) is 3.56. The molecule has 1 amide bonds. The Balaban J connectivity index is 1.75. The summed E-state index contributed by atoms with van der Waals surface area (Å²) in [7, 11) is 0. The Morgan fingerprint density at radius 2 is 1.96 bits per heavy atom. The number of rotatable bonds is 3. The Morgan fingerprint density at radius 3 is 2.74 bits per heavy atom. The number of carbonyl (C=O) groups is 1. The van der Waals surface area contributed by atoms with Crippen molar-refractivity contribution in [2.45, 2.75) is 32.7 Å². The van der Waals surface area contributed by atoms with Crippen LogP contribution < -0.4 is 10.9 Å². The number of aromatic amines is 1. The van der Waals surface area contributed by atoms with Crippen LogP contribution in [0.4, 0.5) is 5.69 Å². The molecule has 138 valence electrons. The number of hydrogen-bond donors (Lipinski definition) is 2. The van der Waals surface area contributed by atoms with Gasteiger partial charge in [-0.05, 0) is 49.6 Å². The first kappa shape index (κ1) is 17.3. The highest BCUT2D eigenvalue weighted by atomic mass is 16.2. The van der Waals surface area contributed by atoms with Gasteiger partial charge in [0.15, 0.2) is 0 Å². The number of aromatic nitrogens is 1. The predicted molar refractivity (Wildman–Crippen MR) is 109 cm³/mol. The summed E-state index contributed by atoms with van der Waals surface area (Å²) >= 11 is 0. The van der Waals surface area contributed by atoms with Gasteiger partial charge in [-0.2, -0.15) is 0 Å². The minimum Gasteiger partial charge on any atom is -0.371 e. The largest absolute Gasteiger partial charge is 0.371 e. The molecule has 1 aromatic carbocycles. The molecular weight excluding hydrogens is 338 g/mol. The van der Waals surface area contributed by atoms with E-state index in [4.69, 9.17) is 0 Å². The van der Waals surface area contributed by atoms with Gasteiger partial charge < -0.3 is 15.2 Å². The third-order valence-corrected chi connectivity index (χ3v) is 5.30. The van der Waals surface area contributed by atoms with Gasteiger partial charge in [-0.15, -0.1) is 0 Å². The molecule has 5 nitrogen and oxygen atoms in total. The molecule has 2 aliphatic heterocycles. The molecule has 0 fully saturated rings. The van der Waals surface area contributed by atoms with Crippen LogP contribution in [0.15, 0.2) is 53.6 Å². The van der Waals surface area contributed by atoms with Gasteiger partial charge >= 0.3 is 0 Å². The summed E-state index contributed by atoms with van der Waals surface area (Å²) in [4.78, 5) is 29.5. The molecule has 1 unspecified atom stereocenters. The highest BCUT2D eigenvalue weighted by Gasteiger charge is 2.26. The van der Waals surface area contributed by atoms with Crippen molar-refractivity contribution >= 4 is 17.2 Å². The standard InChI is InChI=1S/C22H23N3O2/c1-13(2)25-8-4-5-16(12-25)17-9-19(22(27)23-11-17)15-6-7-18-14(3)21(26)24-20(18)10-15/h4-7,9-14H,8H2,1-3H3,(H,23,27)(H,24,26). The molecule has 5 heteroatoms. The van der Waals surface area contributed by atoms with Crippen molar-refractivity contribution in [3.63, 3.8) is 0 Å². The number of benzene rings is 1. The molecule has 2 aliphatic rings. The zero-order valence-electron chi connectivity index (χ0n) is 15.7. The van der Waals surface area contributed by atoms with E-state index in [2.05, 4.69) is 47.4 Å². The number of amides is 1. The SMILES string of the molecule is CC1C(=O)Nc2cc(-c3cc(C4=CN(C(C)C)CC=C4)c[nH]c3=O)ccc21. The van der Waals surface area contributed by atoms with E-state index in [1.54, 1.807) is 6.20 Å². The minimum atomic E-state index is -0.154. The van der Waals surface area contributed by atoms with E-state index in [1.807, 2.05) is 31.2 Å². The Hall–Kier alpha value is -3.08. The number of fused-ring (bicyclic) bond motifs is 1. The highest BCUT2D eigenvalue weighted by Crippen LogP contribution is 2.35. The Bertz CT molecular complexity index is 1030. The smallest absolute Gasteiger partial charge is 0.255 e. The monoisotopic (exact) mass is 361 g/mol. The van der Waals surface area contributed by atoms with Crippen LogP contribution >= 0.6 is 0 Å². The first-order valence-corrected chi connectivity index (χ1v) is 9.26. The van der Waals surface area contributed by atoms with E-state index in [-0.39, 0.29) is 17.4 Å². The summed E-state index contributed by atoms with van der Waals surface area (Å²) in [6.45, 7) is 7.09. The Morgan fingerprint density at radius 1 is 1.15 bits per heavy atom. The van der Waals surface area contributed by atoms with E-state index < -0.39 is 0 Å². The van der Waals surface area contributed by atoms with E-state index in [0.29, 0.717) is 11.6 Å². The summed E-state index contributed by atoms with van der Waals surface area (Å²) in [6, 6.07) is 8.06. The molecule has 0 radical (unpaired) electrons. The third-order valence-electron chi connectivity index (χ3n) is 5.30. The number of nitrogens with one attached hydrogen (secondary N) is 2. The molecule has 0 saturated carbocycles. The molecule has 2 aromatic rings. The fourth-order valence-electron chi connectivity index (χ4n) is 3.56. The van der Waals surface area contributed by atoms with Gasteiger partial charge in [-0.25, -0.2) is 0 Å². The Kier molecular flexibility index (Phi) is 4.22. The van der Waals surface area contributed by atoms with Gasteiger partial charge in [-0.1, -0.05) is 24.3 Å². The van der Waals surface area contributed by atoms with Crippen LogP contribution in [0.3, 0.4) is 0 Å². The minimum absolute atomic E-state index is 0.00362. The zero-order chi connectivity index (χ0) is 19.1. The molecule has 4 rings (SSSR count). The molecule has 0 saturated heterocycles. The maximum absolute atomic E-state index is 12.5. The van der Waals surface area contributed by atoms with E-state index >= 15 is 0 Å². The van der Waals surface area contributed by atoms with Crippen molar-refractivity contribution in [3.05, 3.63) is 70.3 Å². The average Bonchev–Trinajstić information content (AvgIpc) is 2.95. The summed E-state index contributed by atoms with van der Waals surface area (Å²) in [5, 5.41) is 2.89. The first-order chi connectivity index (χ1) is 12.9. The highest BCUT2D eigenvalue weighted by molar-refractivity contribution is 6.03. The number of nitrogens with zero attached hydrogens (tertiary/aromatic N) is 1. The van der Waals surface area contributed by atoms with Crippen LogP contribution in [0.5, 0.6) is 0 Å². The normalized spacial score (nSPS) is 18.5. The van der Waals surface area contributed by atoms with Gasteiger partial charge in [0.2, 0.25) is 5.91 Å². The summed E-state index contributed by atoms with van der Waals surface area (Å²) in [5.74, 6) is -0.158. The molecular formula is C22H23N3O2. The van der Waals surface area contributed by atoms with Gasteiger partial charge in [0.1, 0.15) is 0 Å². The van der Waals surface area contributed by atoms with Crippen molar-refractivity contribution in [1.82, 2.24) is 9.88 Å². The van der Waals surface area contributed by atoms with Crippen molar-refractivity contribution in [3.8, 4) is 11.1 Å². The van der Waals surface area contributed by atoms with Crippen molar-refractivity contribution in [2.75, 3.05) is 11.9 Å². The molecule has 0 aliphatic carbocycles. The molecule has 1 aromatic heterocycles. The fraction of sp³-hybridized carbons (Fsp3) is 0.273. The lowest BCUT2D eigenvalue weighted by Crippen LogP contribution is -2.27. The average molecular weight is 361 g/mol. The van der Waals surface area contributed by atoms with E-state index in [1.165, 1.54) is 0 Å². The Labute approximate surface area is 158 Å². The molecule has 0 spiro atoms. The topological polar surface area (TPSA) is 65.2 Å². The lowest BCUT2D eigenvalue weighted by atomic mass is 9.97. The molecule has 1 atom stereocenters. The van der Waals surface area contributed by atoms with Crippen LogP contribution in [0.2, 0.25) is 0 Å². The summed E-state index contributed by atoms with van der Waals surface area (Å²) in [6.07, 6.45) is 8.10. The van der Waals surface area contributed by atoms with E-state index in [0.717, 1.165) is 34.5 Å². The number of pyridine rings is 1. The predicted octanol–water partition coefficient (Wildman–Crippen LogP) is 3.72. The molecule has 3 heterocycles. The van der Waals surface area contributed by atoms with Crippen LogP contribution in [-0.4, -0.2) is 28.4 Å². The van der Waals surface area contributed by atoms with Gasteiger partial charge in [0.25, 0.3) is 5.56 Å². The van der Waals surface area contributed by atoms with Crippen LogP contribution in [0.25, 0.3) is 16.7 Å². The van der Waals surface area contributed by atoms with Crippen LogP contribution in [0, 0.1) is 0 Å². The molecule has 0 bridgehead atoms. The second-order valence-electron chi connectivity index (χ2n) is 7.42. The summed E-state index contributed by atoms with van der Waals surface area (Å²) < 4.78 is 0. The first-order valence-electron chi connectivity index (χ1n) is 9.26. The lowest BCUT2D eigenvalue weighted by molar-refractivity contribution is -0.116. The van der Waals surface area contributed by atoms with Crippen LogP contribution in [0.1, 0.15) is 37.8 Å². The summed E-state index contributed by atoms with van der Waals surface area (Å²) in [5.41, 5.74) is 5.05. The van der Waals surface area contributed by atoms with Crippen molar-refractivity contribution < 1.29 is 4.79 Å². The van der Waals surface area contributed by atoms with Crippen molar-refractivity contribution in [2.24, 2.45) is 0 Å². The zero-order valence-corrected chi connectivity index (χ0v) is 15.7. The van der Waals surface area contributed by atoms with Crippen molar-refractivity contribution in [1.29, 1.82) is 0 Å².